The van der Waals surface area contributed by atoms with E-state index >= 15 is 0 Å². The molecule has 178 valence electrons. The molecule has 0 spiro atoms. The summed E-state index contributed by atoms with van der Waals surface area (Å²) in [6, 6.07) is 14.0. The highest BCUT2D eigenvalue weighted by Gasteiger charge is 2.53. The molecule has 4 rings (SSSR count). The van der Waals surface area contributed by atoms with Gasteiger partial charge in [0, 0.05) is 25.3 Å². The number of piperidine rings is 1. The molecule has 2 amide bonds. The quantitative estimate of drug-likeness (QED) is 0.535. The third-order valence-corrected chi connectivity index (χ3v) is 7.04. The highest BCUT2D eigenvalue weighted by Crippen LogP contribution is 2.44. The zero-order valence-corrected chi connectivity index (χ0v) is 20.0. The molecule has 0 aromatic heterocycles. The molecular formula is C26H31N5O3. The number of rotatable bonds is 4. The van der Waals surface area contributed by atoms with Crippen LogP contribution < -0.4 is 15.8 Å². The SMILES string of the molecule is CC(C)C(=O)Oc1ccc2c(c1)[C@@]1(N)CCN(C)C(C2)C1N(C)C(=O)Nc1ccc(C#N)cc1. The Morgan fingerprint density at radius 1 is 1.26 bits per heavy atom. The third kappa shape index (κ3) is 4.25. The first-order valence-electron chi connectivity index (χ1n) is 11.5. The average molecular weight is 462 g/mol. The molecule has 0 saturated carbocycles. The molecule has 2 bridgehead atoms. The molecule has 1 fully saturated rings. The van der Waals surface area contributed by atoms with Gasteiger partial charge in [0.2, 0.25) is 0 Å². The van der Waals surface area contributed by atoms with E-state index in [9.17, 15) is 9.59 Å². The molecule has 1 aliphatic heterocycles. The lowest BCUT2D eigenvalue weighted by atomic mass is 9.66. The van der Waals surface area contributed by atoms with Crippen molar-refractivity contribution in [2.24, 2.45) is 11.7 Å². The van der Waals surface area contributed by atoms with Crippen LogP contribution in [-0.2, 0) is 16.8 Å². The van der Waals surface area contributed by atoms with Crippen LogP contribution in [0.1, 0.15) is 37.0 Å². The van der Waals surface area contributed by atoms with Crippen molar-refractivity contribution >= 4 is 17.7 Å². The number of hydrogen-bond acceptors (Lipinski definition) is 6. The van der Waals surface area contributed by atoms with E-state index in [0.717, 1.165) is 24.1 Å². The van der Waals surface area contributed by atoms with E-state index in [2.05, 4.69) is 23.3 Å². The first kappa shape index (κ1) is 23.7. The molecular weight excluding hydrogens is 430 g/mol. The third-order valence-electron chi connectivity index (χ3n) is 7.04. The smallest absolute Gasteiger partial charge is 0.321 e. The lowest BCUT2D eigenvalue weighted by Gasteiger charge is -2.56. The van der Waals surface area contributed by atoms with Gasteiger partial charge in [-0.15, -0.1) is 0 Å². The van der Waals surface area contributed by atoms with Crippen molar-refractivity contribution in [3.8, 4) is 11.8 Å². The lowest BCUT2D eigenvalue weighted by molar-refractivity contribution is -0.137. The average Bonchev–Trinajstić information content (AvgIpc) is 2.82. The Balaban J connectivity index is 1.64. The van der Waals surface area contributed by atoms with Crippen LogP contribution in [0.2, 0.25) is 0 Å². The molecule has 0 radical (unpaired) electrons. The summed E-state index contributed by atoms with van der Waals surface area (Å²) in [7, 11) is 3.83. The van der Waals surface area contributed by atoms with Crippen LogP contribution >= 0.6 is 0 Å². The van der Waals surface area contributed by atoms with Crippen LogP contribution in [-0.4, -0.2) is 54.5 Å². The fourth-order valence-corrected chi connectivity index (χ4v) is 5.08. The second-order valence-corrected chi connectivity index (χ2v) is 9.61. The van der Waals surface area contributed by atoms with Gasteiger partial charge in [-0.3, -0.25) is 4.79 Å². The van der Waals surface area contributed by atoms with Crippen molar-refractivity contribution in [2.45, 2.75) is 44.3 Å². The normalized spacial score (nSPS) is 23.6. The number of anilines is 1. The van der Waals surface area contributed by atoms with Gasteiger partial charge in [0.05, 0.1) is 29.1 Å². The minimum Gasteiger partial charge on any atom is -0.426 e. The Kier molecular flexibility index (Phi) is 6.34. The zero-order chi connectivity index (χ0) is 24.6. The van der Waals surface area contributed by atoms with E-state index in [1.165, 1.54) is 0 Å². The van der Waals surface area contributed by atoms with E-state index < -0.39 is 5.54 Å². The van der Waals surface area contributed by atoms with E-state index in [1.807, 2.05) is 18.2 Å². The summed E-state index contributed by atoms with van der Waals surface area (Å²) in [5.74, 6) is -0.0537. The Labute approximate surface area is 200 Å². The number of carbonyl (C=O) groups excluding carboxylic acids is 2. The minimum absolute atomic E-state index is 0.0482. The van der Waals surface area contributed by atoms with Gasteiger partial charge in [-0.05, 0) is 67.4 Å². The van der Waals surface area contributed by atoms with Crippen molar-refractivity contribution in [1.82, 2.24) is 9.80 Å². The van der Waals surface area contributed by atoms with Crippen LogP contribution in [0.5, 0.6) is 5.75 Å². The predicted molar refractivity (Wildman–Crippen MR) is 129 cm³/mol. The van der Waals surface area contributed by atoms with Crippen molar-refractivity contribution in [1.29, 1.82) is 5.26 Å². The van der Waals surface area contributed by atoms with Crippen molar-refractivity contribution in [3.63, 3.8) is 0 Å². The Morgan fingerprint density at radius 3 is 2.62 bits per heavy atom. The number of hydrogen-bond donors (Lipinski definition) is 2. The van der Waals surface area contributed by atoms with E-state index in [-0.39, 0.29) is 30.0 Å². The fourth-order valence-electron chi connectivity index (χ4n) is 5.08. The van der Waals surface area contributed by atoms with E-state index in [1.54, 1.807) is 50.1 Å². The van der Waals surface area contributed by atoms with Crippen LogP contribution in [0, 0.1) is 17.2 Å². The molecule has 34 heavy (non-hydrogen) atoms. The predicted octanol–water partition coefficient (Wildman–Crippen LogP) is 3.07. The Bertz CT molecular complexity index is 1140. The van der Waals surface area contributed by atoms with Crippen molar-refractivity contribution < 1.29 is 14.3 Å². The molecule has 2 aliphatic rings. The number of fused-ring (bicyclic) bond motifs is 4. The summed E-state index contributed by atoms with van der Waals surface area (Å²) < 4.78 is 5.57. The lowest BCUT2D eigenvalue weighted by Crippen LogP contribution is -2.71. The van der Waals surface area contributed by atoms with Crippen molar-refractivity contribution in [2.75, 3.05) is 26.0 Å². The molecule has 3 N–H and O–H groups in total. The molecule has 2 aromatic rings. The topological polar surface area (TPSA) is 112 Å². The number of likely N-dealkylation sites (N-methyl/N-ethyl adjacent to an activating group) is 2. The Hall–Kier alpha value is -3.41. The number of esters is 1. The van der Waals surface area contributed by atoms with Gasteiger partial charge in [0.1, 0.15) is 5.75 Å². The monoisotopic (exact) mass is 461 g/mol. The van der Waals surface area contributed by atoms with Gasteiger partial charge in [-0.1, -0.05) is 19.9 Å². The van der Waals surface area contributed by atoms with Crippen LogP contribution in [0.25, 0.3) is 0 Å². The maximum absolute atomic E-state index is 13.3. The number of nitrogens with zero attached hydrogens (tertiary/aromatic N) is 3. The summed E-state index contributed by atoms with van der Waals surface area (Å²) in [5, 5.41) is 11.9. The summed E-state index contributed by atoms with van der Waals surface area (Å²) >= 11 is 0. The number of ether oxygens (including phenoxy) is 1. The van der Waals surface area contributed by atoms with Crippen LogP contribution in [0.4, 0.5) is 10.5 Å². The molecule has 2 aromatic carbocycles. The summed E-state index contributed by atoms with van der Waals surface area (Å²) in [4.78, 5) is 29.4. The number of nitrogens with one attached hydrogen (secondary N) is 1. The number of urea groups is 1. The van der Waals surface area contributed by atoms with Crippen molar-refractivity contribution in [3.05, 3.63) is 59.2 Å². The second-order valence-electron chi connectivity index (χ2n) is 9.61. The largest absolute Gasteiger partial charge is 0.426 e. The number of carbonyl (C=O) groups is 2. The minimum atomic E-state index is -0.790. The molecule has 3 atom stereocenters. The zero-order valence-electron chi connectivity index (χ0n) is 20.0. The summed E-state index contributed by atoms with van der Waals surface area (Å²) in [5.41, 5.74) is 9.51. The van der Waals surface area contributed by atoms with E-state index in [4.69, 9.17) is 15.7 Å². The summed E-state index contributed by atoms with van der Waals surface area (Å²) in [6.07, 6.45) is 1.40. The first-order chi connectivity index (χ1) is 16.1. The van der Waals surface area contributed by atoms with Crippen LogP contribution in [0.15, 0.2) is 42.5 Å². The fraction of sp³-hybridized carbons (Fsp3) is 0.423. The molecule has 1 saturated heterocycles. The number of amides is 2. The van der Waals surface area contributed by atoms with Crippen LogP contribution in [0.3, 0.4) is 0 Å². The number of likely N-dealkylation sites (tertiary alicyclic amines) is 1. The molecule has 1 heterocycles. The maximum atomic E-state index is 13.3. The molecule has 2 unspecified atom stereocenters. The second kappa shape index (κ2) is 9.09. The van der Waals surface area contributed by atoms with Gasteiger partial charge in [-0.2, -0.15) is 5.26 Å². The highest BCUT2D eigenvalue weighted by molar-refractivity contribution is 5.89. The number of nitrogens with two attached hydrogens (primary N) is 1. The number of nitriles is 1. The Morgan fingerprint density at radius 2 is 1.97 bits per heavy atom. The summed E-state index contributed by atoms with van der Waals surface area (Å²) in [6.45, 7) is 4.40. The van der Waals surface area contributed by atoms with Gasteiger partial charge in [0.15, 0.2) is 0 Å². The van der Waals surface area contributed by atoms with Gasteiger partial charge in [0.25, 0.3) is 0 Å². The highest BCUT2D eigenvalue weighted by atomic mass is 16.5. The molecule has 1 aliphatic carbocycles. The van der Waals surface area contributed by atoms with Gasteiger partial charge < -0.3 is 25.6 Å². The van der Waals surface area contributed by atoms with Gasteiger partial charge in [-0.25, -0.2) is 4.79 Å². The maximum Gasteiger partial charge on any atom is 0.321 e. The first-order valence-corrected chi connectivity index (χ1v) is 11.5. The number of benzene rings is 2. The van der Waals surface area contributed by atoms with Gasteiger partial charge >= 0.3 is 12.0 Å². The molecule has 8 heteroatoms. The standard InChI is InChI=1S/C26H31N5O3/c1-16(2)24(32)34-20-10-7-18-13-22-23(26(28,21(18)14-20)11-12-30(22)3)31(4)25(33)29-19-8-5-17(15-27)6-9-19/h5-10,14,16,22-23H,11-13,28H2,1-4H3,(H,29,33)/t22?,23?,26-/m0/s1. The van der Waals surface area contributed by atoms with E-state index in [0.29, 0.717) is 23.4 Å². The molecule has 8 nitrogen and oxygen atoms in total.